The molecule has 0 radical (unpaired) electrons. The third-order valence-corrected chi connectivity index (χ3v) is 6.04. The summed E-state index contributed by atoms with van der Waals surface area (Å²) in [5, 5.41) is 1.09. The SMILES string of the molecule is C=C(C)COc1cc2oc(=O)c(CC(=O)N3CCN(c4ccccn4)CC3)c(C)c2cc1Cl. The van der Waals surface area contributed by atoms with Crippen LogP contribution in [0.2, 0.25) is 5.02 Å². The molecule has 1 fully saturated rings. The molecule has 4 rings (SSSR count). The molecule has 0 spiro atoms. The Morgan fingerprint density at radius 1 is 1.24 bits per heavy atom. The zero-order chi connectivity index (χ0) is 23.5. The molecule has 0 aliphatic carbocycles. The van der Waals surface area contributed by atoms with E-state index in [1.54, 1.807) is 23.2 Å². The summed E-state index contributed by atoms with van der Waals surface area (Å²) in [7, 11) is 0. The van der Waals surface area contributed by atoms with Crippen LogP contribution in [0.1, 0.15) is 18.1 Å². The predicted molar refractivity (Wildman–Crippen MR) is 129 cm³/mol. The summed E-state index contributed by atoms with van der Waals surface area (Å²) < 4.78 is 11.2. The summed E-state index contributed by atoms with van der Waals surface area (Å²) in [4.78, 5) is 34.0. The van der Waals surface area contributed by atoms with Crippen molar-refractivity contribution in [2.45, 2.75) is 20.3 Å². The molecular formula is C25H26ClN3O4. The first kappa shape index (κ1) is 22.9. The lowest BCUT2D eigenvalue weighted by atomic mass is 10.0. The average Bonchev–Trinajstić information content (AvgIpc) is 2.81. The topological polar surface area (TPSA) is 75.9 Å². The lowest BCUT2D eigenvalue weighted by Gasteiger charge is -2.35. The van der Waals surface area contributed by atoms with Crippen molar-refractivity contribution in [3.63, 3.8) is 0 Å². The van der Waals surface area contributed by atoms with E-state index in [1.807, 2.05) is 32.0 Å². The first-order valence-electron chi connectivity index (χ1n) is 10.8. The minimum Gasteiger partial charge on any atom is -0.488 e. The number of amides is 1. The molecule has 0 atom stereocenters. The van der Waals surface area contributed by atoms with Crippen molar-refractivity contribution >= 4 is 34.3 Å². The summed E-state index contributed by atoms with van der Waals surface area (Å²) in [5.41, 5.74) is 1.74. The van der Waals surface area contributed by atoms with Crippen molar-refractivity contribution in [1.29, 1.82) is 0 Å². The third kappa shape index (κ3) is 5.03. The normalized spacial score (nSPS) is 13.9. The Morgan fingerprint density at radius 3 is 2.67 bits per heavy atom. The van der Waals surface area contributed by atoms with Crippen molar-refractivity contribution in [2.24, 2.45) is 0 Å². The molecule has 1 amide bonds. The van der Waals surface area contributed by atoms with Crippen LogP contribution in [0.15, 0.2) is 57.9 Å². The number of nitrogens with zero attached hydrogens (tertiary/aromatic N) is 3. The van der Waals surface area contributed by atoms with Gasteiger partial charge in [-0.2, -0.15) is 0 Å². The first-order valence-corrected chi connectivity index (χ1v) is 11.2. The van der Waals surface area contributed by atoms with Crippen molar-refractivity contribution in [1.82, 2.24) is 9.88 Å². The van der Waals surface area contributed by atoms with Gasteiger partial charge in [-0.15, -0.1) is 0 Å². The fraction of sp³-hybridized carbons (Fsp3) is 0.320. The number of halogens is 1. The highest BCUT2D eigenvalue weighted by molar-refractivity contribution is 6.32. The molecule has 33 heavy (non-hydrogen) atoms. The number of anilines is 1. The van der Waals surface area contributed by atoms with Gasteiger partial charge in [0.1, 0.15) is 23.8 Å². The van der Waals surface area contributed by atoms with E-state index < -0.39 is 5.63 Å². The molecule has 0 N–H and O–H groups in total. The van der Waals surface area contributed by atoms with Gasteiger partial charge in [0.15, 0.2) is 0 Å². The summed E-state index contributed by atoms with van der Waals surface area (Å²) in [6.45, 7) is 10.3. The van der Waals surface area contributed by atoms with Gasteiger partial charge in [0.05, 0.1) is 17.0 Å². The predicted octanol–water partition coefficient (Wildman–Crippen LogP) is 4.00. The van der Waals surface area contributed by atoms with Crippen LogP contribution < -0.4 is 15.3 Å². The maximum Gasteiger partial charge on any atom is 0.340 e. The molecule has 8 heteroatoms. The Morgan fingerprint density at radius 2 is 2.00 bits per heavy atom. The van der Waals surface area contributed by atoms with Crippen LogP contribution in [0, 0.1) is 6.92 Å². The van der Waals surface area contributed by atoms with E-state index in [0.717, 1.165) is 11.4 Å². The number of rotatable bonds is 6. The number of aryl methyl sites for hydroxylation is 1. The number of hydrogen-bond donors (Lipinski definition) is 0. The van der Waals surface area contributed by atoms with Crippen molar-refractivity contribution in [3.05, 3.63) is 75.3 Å². The zero-order valence-corrected chi connectivity index (χ0v) is 19.5. The van der Waals surface area contributed by atoms with Crippen LogP contribution in [0.25, 0.3) is 11.0 Å². The molecule has 0 unspecified atom stereocenters. The zero-order valence-electron chi connectivity index (χ0n) is 18.8. The standard InChI is InChI=1S/C25H26ClN3O4/c1-16(2)15-32-22-14-21-18(12-20(22)26)17(3)19(25(31)33-21)13-24(30)29-10-8-28(9-11-29)23-6-4-5-7-27-23/h4-7,12,14H,1,8-11,13,15H2,2-3H3. The van der Waals surface area contributed by atoms with Crippen LogP contribution in [-0.2, 0) is 11.2 Å². The van der Waals surface area contributed by atoms with Crippen LogP contribution in [0.5, 0.6) is 5.75 Å². The van der Waals surface area contributed by atoms with Crippen LogP contribution in [-0.4, -0.2) is 48.6 Å². The maximum absolute atomic E-state index is 13.0. The van der Waals surface area contributed by atoms with Crippen molar-refractivity contribution in [2.75, 3.05) is 37.7 Å². The second kappa shape index (κ2) is 9.67. The summed E-state index contributed by atoms with van der Waals surface area (Å²) in [5.74, 6) is 1.22. The molecule has 2 aromatic heterocycles. The van der Waals surface area contributed by atoms with Gasteiger partial charge in [0.25, 0.3) is 0 Å². The molecular weight excluding hydrogens is 442 g/mol. The molecule has 0 bridgehead atoms. The van der Waals surface area contributed by atoms with Crippen LogP contribution >= 0.6 is 11.6 Å². The monoisotopic (exact) mass is 467 g/mol. The number of carbonyl (C=O) groups excluding carboxylic acids is 1. The van der Waals surface area contributed by atoms with Gasteiger partial charge >= 0.3 is 5.63 Å². The molecule has 1 saturated heterocycles. The highest BCUT2D eigenvalue weighted by atomic mass is 35.5. The van der Waals surface area contributed by atoms with E-state index in [4.69, 9.17) is 20.8 Å². The van der Waals surface area contributed by atoms with Gasteiger partial charge in [-0.1, -0.05) is 24.2 Å². The highest BCUT2D eigenvalue weighted by Crippen LogP contribution is 2.32. The highest BCUT2D eigenvalue weighted by Gasteiger charge is 2.24. The third-order valence-electron chi connectivity index (χ3n) is 5.75. The fourth-order valence-electron chi connectivity index (χ4n) is 3.89. The minimum absolute atomic E-state index is 0.0147. The largest absolute Gasteiger partial charge is 0.488 e. The Balaban J connectivity index is 1.50. The maximum atomic E-state index is 13.0. The second-order valence-corrected chi connectivity index (χ2v) is 8.66. The van der Waals surface area contributed by atoms with Crippen LogP contribution in [0.4, 0.5) is 5.82 Å². The quantitative estimate of drug-likeness (QED) is 0.403. The number of hydrogen-bond acceptors (Lipinski definition) is 6. The van der Waals surface area contributed by atoms with Crippen LogP contribution in [0.3, 0.4) is 0 Å². The molecule has 172 valence electrons. The first-order chi connectivity index (χ1) is 15.8. The number of pyridine rings is 1. The molecule has 3 heterocycles. The van der Waals surface area contributed by atoms with E-state index in [1.165, 1.54) is 0 Å². The van der Waals surface area contributed by atoms with Gasteiger partial charge in [0.2, 0.25) is 5.91 Å². The number of benzene rings is 1. The van der Waals surface area contributed by atoms with Crippen molar-refractivity contribution < 1.29 is 13.9 Å². The van der Waals surface area contributed by atoms with Crippen molar-refractivity contribution in [3.8, 4) is 5.75 Å². The number of aromatic nitrogens is 1. The van der Waals surface area contributed by atoms with E-state index in [9.17, 15) is 9.59 Å². The Hall–Kier alpha value is -3.32. The van der Waals surface area contributed by atoms with E-state index in [-0.39, 0.29) is 12.3 Å². The average molecular weight is 468 g/mol. The molecule has 1 aromatic carbocycles. The number of piperazine rings is 1. The van der Waals surface area contributed by atoms with Gasteiger partial charge < -0.3 is 19.0 Å². The fourth-order valence-corrected chi connectivity index (χ4v) is 4.11. The van der Waals surface area contributed by atoms with Gasteiger partial charge in [-0.25, -0.2) is 9.78 Å². The van der Waals surface area contributed by atoms with E-state index >= 15 is 0 Å². The second-order valence-electron chi connectivity index (χ2n) is 8.25. The number of carbonyl (C=O) groups is 1. The van der Waals surface area contributed by atoms with E-state index in [2.05, 4.69) is 16.5 Å². The molecule has 1 aliphatic heterocycles. The lowest BCUT2D eigenvalue weighted by Crippen LogP contribution is -2.49. The Bertz CT molecular complexity index is 1250. The van der Waals surface area contributed by atoms with Gasteiger partial charge in [-0.3, -0.25) is 4.79 Å². The Labute approximate surface area is 197 Å². The molecule has 1 aliphatic rings. The molecule has 3 aromatic rings. The summed E-state index contributed by atoms with van der Waals surface area (Å²) in [6, 6.07) is 9.11. The molecule has 7 nitrogen and oxygen atoms in total. The number of ether oxygens (including phenoxy) is 1. The van der Waals surface area contributed by atoms with E-state index in [0.29, 0.717) is 65.7 Å². The van der Waals surface area contributed by atoms with Gasteiger partial charge in [0, 0.05) is 43.8 Å². The minimum atomic E-state index is -0.520. The number of fused-ring (bicyclic) bond motifs is 1. The smallest absolute Gasteiger partial charge is 0.340 e. The lowest BCUT2D eigenvalue weighted by molar-refractivity contribution is -0.130. The molecule has 0 saturated carbocycles. The summed E-state index contributed by atoms with van der Waals surface area (Å²) >= 11 is 6.38. The Kier molecular flexibility index (Phi) is 6.70. The van der Waals surface area contributed by atoms with Gasteiger partial charge in [-0.05, 0) is 43.2 Å². The summed E-state index contributed by atoms with van der Waals surface area (Å²) in [6.07, 6.45) is 1.75.